The highest BCUT2D eigenvalue weighted by Gasteiger charge is 2.36. The van der Waals surface area contributed by atoms with Crippen molar-refractivity contribution >= 4 is 29.9 Å². The van der Waals surface area contributed by atoms with Gasteiger partial charge in [-0.1, -0.05) is 29.8 Å². The van der Waals surface area contributed by atoms with Crippen LogP contribution >= 0.6 is 24.0 Å². The van der Waals surface area contributed by atoms with Crippen LogP contribution in [0, 0.1) is 0 Å². The molecule has 1 saturated heterocycles. The normalized spacial score (nSPS) is 17.9. The van der Waals surface area contributed by atoms with E-state index in [9.17, 15) is 4.79 Å². The molecule has 0 radical (unpaired) electrons. The van der Waals surface area contributed by atoms with Gasteiger partial charge in [0.25, 0.3) is 0 Å². The predicted molar refractivity (Wildman–Crippen MR) is 93.3 cm³/mol. The Balaban J connectivity index is 0.00000264. The maximum absolute atomic E-state index is 12.1. The van der Waals surface area contributed by atoms with Crippen molar-refractivity contribution in [3.05, 3.63) is 34.9 Å². The van der Waals surface area contributed by atoms with Crippen molar-refractivity contribution in [3.63, 3.8) is 0 Å². The molecule has 1 atom stereocenters. The number of hydrogen-bond acceptors (Lipinski definition) is 4. The lowest BCUT2D eigenvalue weighted by molar-refractivity contribution is -0.124. The zero-order chi connectivity index (χ0) is 16.0. The fourth-order valence-corrected chi connectivity index (χ4v) is 3.17. The molecule has 1 aromatic rings. The van der Waals surface area contributed by atoms with Crippen molar-refractivity contribution in [1.82, 2.24) is 5.32 Å². The lowest BCUT2D eigenvalue weighted by Gasteiger charge is -2.38. The van der Waals surface area contributed by atoms with Gasteiger partial charge in [-0.3, -0.25) is 4.79 Å². The molecule has 1 aliphatic rings. The van der Waals surface area contributed by atoms with E-state index in [1.807, 2.05) is 24.3 Å². The Labute approximate surface area is 148 Å². The second kappa shape index (κ2) is 9.45. The first kappa shape index (κ1) is 20.2. The van der Waals surface area contributed by atoms with Crippen molar-refractivity contribution in [3.8, 4) is 0 Å². The van der Waals surface area contributed by atoms with Crippen LogP contribution in [0.1, 0.15) is 18.4 Å². The molecule has 0 spiro atoms. The molecule has 7 heteroatoms. The van der Waals surface area contributed by atoms with Gasteiger partial charge < -0.3 is 20.5 Å². The van der Waals surface area contributed by atoms with Gasteiger partial charge in [0.05, 0.1) is 6.61 Å². The van der Waals surface area contributed by atoms with E-state index in [1.165, 1.54) is 7.11 Å². The van der Waals surface area contributed by atoms with Crippen molar-refractivity contribution in [2.45, 2.75) is 24.3 Å². The number of methoxy groups -OCH3 is 1. The summed E-state index contributed by atoms with van der Waals surface area (Å²) >= 11 is 6.38. The second-order valence-corrected chi connectivity index (χ2v) is 6.06. The minimum absolute atomic E-state index is 0. The number of carbonyl (C=O) groups is 1. The van der Waals surface area contributed by atoms with Crippen LogP contribution in [0.4, 0.5) is 0 Å². The molecular weight excluding hydrogens is 339 g/mol. The predicted octanol–water partition coefficient (Wildman–Crippen LogP) is 1.90. The molecule has 0 saturated carbocycles. The second-order valence-electron chi connectivity index (χ2n) is 5.65. The average molecular weight is 363 g/mol. The molecule has 1 unspecified atom stereocenters. The first-order valence-corrected chi connectivity index (χ1v) is 7.82. The monoisotopic (exact) mass is 362 g/mol. The van der Waals surface area contributed by atoms with Gasteiger partial charge in [-0.05, 0) is 24.5 Å². The van der Waals surface area contributed by atoms with Crippen molar-refractivity contribution in [2.75, 3.05) is 33.5 Å². The van der Waals surface area contributed by atoms with E-state index in [-0.39, 0.29) is 30.3 Å². The molecule has 0 aromatic heterocycles. The van der Waals surface area contributed by atoms with E-state index in [2.05, 4.69) is 5.32 Å². The van der Waals surface area contributed by atoms with E-state index in [1.54, 1.807) is 0 Å². The Kier molecular flexibility index (Phi) is 8.29. The smallest absolute Gasteiger partial charge is 0.239 e. The largest absolute Gasteiger partial charge is 0.383 e. The van der Waals surface area contributed by atoms with E-state index in [0.717, 1.165) is 23.4 Å². The third-order valence-electron chi connectivity index (χ3n) is 4.18. The van der Waals surface area contributed by atoms with Crippen molar-refractivity contribution in [1.29, 1.82) is 0 Å². The summed E-state index contributed by atoms with van der Waals surface area (Å²) in [7, 11) is 1.52. The Morgan fingerprint density at radius 3 is 2.70 bits per heavy atom. The van der Waals surface area contributed by atoms with Crippen LogP contribution in [0.3, 0.4) is 0 Å². The summed E-state index contributed by atoms with van der Waals surface area (Å²) in [5, 5.41) is 3.67. The molecule has 2 rings (SSSR count). The lowest BCUT2D eigenvalue weighted by Crippen LogP contribution is -2.50. The molecule has 1 fully saturated rings. The van der Waals surface area contributed by atoms with Crippen molar-refractivity contribution < 1.29 is 14.3 Å². The van der Waals surface area contributed by atoms with Crippen LogP contribution in [-0.4, -0.2) is 45.4 Å². The standard InChI is InChI=1S/C16H23ClN2O3.ClH/c1-21-10-14(18)15(20)19-11-16(6-8-22-9-7-16)12-4-2-3-5-13(12)17;/h2-5,14H,6-11,18H2,1H3,(H,19,20);1H. The SMILES string of the molecule is COCC(N)C(=O)NCC1(c2ccccc2Cl)CCOCC1.Cl. The third kappa shape index (κ3) is 5.06. The topological polar surface area (TPSA) is 73.6 Å². The summed E-state index contributed by atoms with van der Waals surface area (Å²) in [5.41, 5.74) is 6.61. The highest BCUT2D eigenvalue weighted by Crippen LogP contribution is 2.38. The summed E-state index contributed by atoms with van der Waals surface area (Å²) < 4.78 is 10.4. The van der Waals surface area contributed by atoms with Crippen LogP contribution in [-0.2, 0) is 19.7 Å². The number of rotatable bonds is 6. The third-order valence-corrected chi connectivity index (χ3v) is 4.51. The van der Waals surface area contributed by atoms with Crippen LogP contribution in [0.15, 0.2) is 24.3 Å². The number of ether oxygens (including phenoxy) is 2. The highest BCUT2D eigenvalue weighted by molar-refractivity contribution is 6.31. The minimum atomic E-state index is -0.659. The van der Waals surface area contributed by atoms with E-state index in [0.29, 0.717) is 19.8 Å². The van der Waals surface area contributed by atoms with E-state index >= 15 is 0 Å². The summed E-state index contributed by atoms with van der Waals surface area (Å²) in [6.45, 7) is 2.01. The zero-order valence-corrected chi connectivity index (χ0v) is 14.8. The first-order valence-electron chi connectivity index (χ1n) is 7.44. The molecule has 0 aliphatic carbocycles. The number of amides is 1. The Hall–Kier alpha value is -0.850. The van der Waals surface area contributed by atoms with Gasteiger partial charge in [0.15, 0.2) is 0 Å². The van der Waals surface area contributed by atoms with Gasteiger partial charge >= 0.3 is 0 Å². The molecule has 1 aromatic carbocycles. The molecule has 5 nitrogen and oxygen atoms in total. The van der Waals surface area contributed by atoms with Crippen molar-refractivity contribution in [2.24, 2.45) is 5.73 Å². The van der Waals surface area contributed by atoms with Crippen LogP contribution in [0.5, 0.6) is 0 Å². The maximum Gasteiger partial charge on any atom is 0.239 e. The number of halogens is 2. The minimum Gasteiger partial charge on any atom is -0.383 e. The molecule has 1 amide bonds. The molecular formula is C16H24Cl2N2O3. The summed E-state index contributed by atoms with van der Waals surface area (Å²) in [4.78, 5) is 12.1. The molecule has 0 bridgehead atoms. The highest BCUT2D eigenvalue weighted by atomic mass is 35.5. The van der Waals surface area contributed by atoms with Crippen LogP contribution < -0.4 is 11.1 Å². The molecule has 3 N–H and O–H groups in total. The first-order chi connectivity index (χ1) is 10.6. The number of benzene rings is 1. The number of nitrogens with one attached hydrogen (secondary N) is 1. The fraction of sp³-hybridized carbons (Fsp3) is 0.562. The summed E-state index contributed by atoms with van der Waals surface area (Å²) in [5.74, 6) is -0.209. The Morgan fingerprint density at radius 1 is 1.43 bits per heavy atom. The Morgan fingerprint density at radius 2 is 2.09 bits per heavy atom. The number of carbonyl (C=O) groups excluding carboxylic acids is 1. The maximum atomic E-state index is 12.1. The molecule has 130 valence electrons. The Bertz CT molecular complexity index is 508. The number of nitrogens with two attached hydrogens (primary N) is 1. The zero-order valence-electron chi connectivity index (χ0n) is 13.2. The lowest BCUT2D eigenvalue weighted by atomic mass is 9.74. The van der Waals surface area contributed by atoms with E-state index in [4.69, 9.17) is 26.8 Å². The van der Waals surface area contributed by atoms with E-state index < -0.39 is 6.04 Å². The average Bonchev–Trinajstić information content (AvgIpc) is 2.54. The molecule has 1 aliphatic heterocycles. The van der Waals surface area contributed by atoms with Gasteiger partial charge in [-0.15, -0.1) is 12.4 Å². The number of hydrogen-bond donors (Lipinski definition) is 2. The van der Waals surface area contributed by atoms with Gasteiger partial charge in [0.1, 0.15) is 6.04 Å². The fourth-order valence-electron chi connectivity index (χ4n) is 2.84. The van der Waals surface area contributed by atoms with Crippen LogP contribution in [0.2, 0.25) is 5.02 Å². The van der Waals surface area contributed by atoms with Crippen LogP contribution in [0.25, 0.3) is 0 Å². The molecule has 23 heavy (non-hydrogen) atoms. The van der Waals surface area contributed by atoms with Gasteiger partial charge in [0, 0.05) is 37.3 Å². The quantitative estimate of drug-likeness (QED) is 0.810. The molecule has 1 heterocycles. The van der Waals surface area contributed by atoms with Gasteiger partial charge in [-0.25, -0.2) is 0 Å². The van der Waals surface area contributed by atoms with Gasteiger partial charge in [-0.2, -0.15) is 0 Å². The van der Waals surface area contributed by atoms with Gasteiger partial charge in [0.2, 0.25) is 5.91 Å². The summed E-state index contributed by atoms with van der Waals surface area (Å²) in [6, 6.07) is 7.12. The summed E-state index contributed by atoms with van der Waals surface area (Å²) in [6.07, 6.45) is 1.63.